The zero-order valence-electron chi connectivity index (χ0n) is 20.4. The topological polar surface area (TPSA) is 84.9 Å². The first-order valence-corrected chi connectivity index (χ1v) is 13.1. The van der Waals surface area contributed by atoms with Gasteiger partial charge >= 0.3 is 5.97 Å². The summed E-state index contributed by atoms with van der Waals surface area (Å²) in [5.74, 6) is -1.29. The van der Waals surface area contributed by atoms with Gasteiger partial charge in [-0.25, -0.2) is 4.79 Å². The number of esters is 1. The third kappa shape index (κ3) is 3.74. The summed E-state index contributed by atoms with van der Waals surface area (Å²) in [7, 11) is 0. The third-order valence-corrected chi connectivity index (χ3v) is 8.73. The van der Waals surface area contributed by atoms with Gasteiger partial charge in [-0.1, -0.05) is 91.0 Å². The molecule has 3 unspecified atom stereocenters. The Bertz CT molecular complexity index is 1310. The molecule has 3 saturated heterocycles. The summed E-state index contributed by atoms with van der Waals surface area (Å²) < 4.78 is 11.6. The van der Waals surface area contributed by atoms with Crippen LogP contribution in [0.15, 0.2) is 91.0 Å². The highest BCUT2D eigenvalue weighted by atomic mass is 32.2. The van der Waals surface area contributed by atoms with Crippen LogP contribution in [0.25, 0.3) is 0 Å². The van der Waals surface area contributed by atoms with E-state index in [1.165, 1.54) is 16.7 Å². The van der Waals surface area contributed by atoms with Crippen molar-refractivity contribution >= 4 is 29.5 Å². The summed E-state index contributed by atoms with van der Waals surface area (Å²) in [4.78, 5) is 41.7. The molecule has 0 bridgehead atoms. The number of benzene rings is 3. The number of carbonyl (C=O) groups is 3. The molecule has 4 atom stereocenters. The van der Waals surface area contributed by atoms with Crippen LogP contribution < -0.4 is 5.32 Å². The molecule has 8 heteroatoms. The van der Waals surface area contributed by atoms with Crippen molar-refractivity contribution in [3.8, 4) is 0 Å². The Morgan fingerprint density at radius 3 is 2.03 bits per heavy atom. The second kappa shape index (κ2) is 8.75. The Kier molecular flexibility index (Phi) is 5.62. The molecule has 0 aromatic heterocycles. The Morgan fingerprint density at radius 1 is 0.919 bits per heavy atom. The van der Waals surface area contributed by atoms with E-state index in [-0.39, 0.29) is 5.91 Å². The van der Waals surface area contributed by atoms with Crippen molar-refractivity contribution in [3.63, 3.8) is 0 Å². The van der Waals surface area contributed by atoms with Crippen LogP contribution in [0.1, 0.15) is 42.7 Å². The lowest BCUT2D eigenvalue weighted by molar-refractivity contribution is -0.201. The highest BCUT2D eigenvalue weighted by Crippen LogP contribution is 2.57. The van der Waals surface area contributed by atoms with Gasteiger partial charge < -0.3 is 19.7 Å². The molecule has 0 aliphatic carbocycles. The zero-order chi connectivity index (χ0) is 25.8. The molecule has 1 N–H and O–H groups in total. The van der Waals surface area contributed by atoms with Crippen molar-refractivity contribution < 1.29 is 23.9 Å². The van der Waals surface area contributed by atoms with Crippen LogP contribution in [0.5, 0.6) is 0 Å². The molecule has 188 valence electrons. The van der Waals surface area contributed by atoms with Gasteiger partial charge in [0.2, 0.25) is 0 Å². The van der Waals surface area contributed by atoms with E-state index in [1.807, 2.05) is 92.7 Å². The highest BCUT2D eigenvalue weighted by molar-refractivity contribution is 8.01. The van der Waals surface area contributed by atoms with E-state index in [4.69, 9.17) is 9.47 Å². The molecule has 37 heavy (non-hydrogen) atoms. The van der Waals surface area contributed by atoms with E-state index in [1.54, 1.807) is 12.1 Å². The number of β-lactam (4-membered cyclic amide) rings is 1. The lowest BCUT2D eigenvalue weighted by Gasteiger charge is -2.49. The van der Waals surface area contributed by atoms with Crippen molar-refractivity contribution in [3.05, 3.63) is 108 Å². The average Bonchev–Trinajstić information content (AvgIpc) is 3.42. The molecule has 0 saturated carbocycles. The molecule has 3 aromatic carbocycles. The second-order valence-electron chi connectivity index (χ2n) is 9.96. The minimum Gasteiger partial charge on any atom is -0.451 e. The van der Waals surface area contributed by atoms with Gasteiger partial charge in [-0.05, 0) is 30.5 Å². The number of nitrogens with zero attached hydrogens (tertiary/aromatic N) is 1. The number of rotatable bonds is 5. The Morgan fingerprint density at radius 2 is 1.46 bits per heavy atom. The number of hydrogen-bond donors (Lipinski definition) is 1. The van der Waals surface area contributed by atoms with E-state index in [2.05, 4.69) is 5.32 Å². The second-order valence-corrected chi connectivity index (χ2v) is 11.7. The quantitative estimate of drug-likeness (QED) is 0.410. The molecule has 0 radical (unpaired) electrons. The molecular formula is C29H26N2O5S. The van der Waals surface area contributed by atoms with Crippen LogP contribution in [0, 0.1) is 0 Å². The maximum atomic E-state index is 13.7. The van der Waals surface area contributed by atoms with Gasteiger partial charge in [0, 0.05) is 4.75 Å². The normalized spacial score (nSPS) is 27.6. The monoisotopic (exact) mass is 514 g/mol. The molecule has 1 spiro atoms. The number of amides is 2. The fourth-order valence-corrected chi connectivity index (χ4v) is 6.99. The first-order chi connectivity index (χ1) is 17.8. The van der Waals surface area contributed by atoms with E-state index in [0.29, 0.717) is 5.56 Å². The summed E-state index contributed by atoms with van der Waals surface area (Å²) in [6.07, 6.45) is -1.51. The van der Waals surface area contributed by atoms with Gasteiger partial charge in [-0.3, -0.25) is 9.59 Å². The van der Waals surface area contributed by atoms with Crippen molar-refractivity contribution in [2.45, 2.75) is 47.9 Å². The van der Waals surface area contributed by atoms with Gasteiger partial charge in [0.1, 0.15) is 11.4 Å². The molecule has 3 heterocycles. The van der Waals surface area contributed by atoms with E-state index in [0.717, 1.165) is 11.1 Å². The van der Waals surface area contributed by atoms with Crippen molar-refractivity contribution in [2.24, 2.45) is 0 Å². The molecular weight excluding hydrogens is 488 g/mol. The van der Waals surface area contributed by atoms with Crippen LogP contribution in [-0.4, -0.2) is 44.6 Å². The number of carbonyl (C=O) groups excluding carboxylic acids is 3. The van der Waals surface area contributed by atoms with Crippen LogP contribution in [0.3, 0.4) is 0 Å². The van der Waals surface area contributed by atoms with Crippen LogP contribution in [-0.2, 0) is 23.9 Å². The lowest BCUT2D eigenvalue weighted by Crippen LogP contribution is -2.78. The molecule has 2 amide bonds. The van der Waals surface area contributed by atoms with Gasteiger partial charge in [0.15, 0.2) is 12.2 Å². The van der Waals surface area contributed by atoms with Crippen LogP contribution in [0.4, 0.5) is 0 Å². The van der Waals surface area contributed by atoms with Gasteiger partial charge in [-0.15, -0.1) is 11.8 Å². The Hall–Kier alpha value is -3.62. The maximum absolute atomic E-state index is 13.7. The van der Waals surface area contributed by atoms with E-state index in [9.17, 15) is 14.4 Å². The van der Waals surface area contributed by atoms with Gasteiger partial charge in [0.25, 0.3) is 17.5 Å². The zero-order valence-corrected chi connectivity index (χ0v) is 21.2. The van der Waals surface area contributed by atoms with E-state index < -0.39 is 46.0 Å². The van der Waals surface area contributed by atoms with Gasteiger partial charge in [0.05, 0.1) is 0 Å². The number of hydrogen-bond acceptors (Lipinski definition) is 6. The van der Waals surface area contributed by atoms with Crippen molar-refractivity contribution in [2.75, 3.05) is 0 Å². The standard InChI is InChI=1S/C29H26N2O5S/c1-28(2)23(25(33)35-21(18-12-6-3-7-13-18)19-14-8-4-9-15-19)31-26(34)29(27(31)37-28)30-24(32)22(36-29)20-16-10-5-11-17-20/h3-17,21-23,27H,1-2H3,(H,30,32)/t22?,23?,27-,29?/m0/s1. The first-order valence-electron chi connectivity index (χ1n) is 12.2. The third-order valence-electron chi connectivity index (χ3n) is 7.12. The summed E-state index contributed by atoms with van der Waals surface area (Å²) >= 11 is 1.44. The van der Waals surface area contributed by atoms with Crippen LogP contribution in [0.2, 0.25) is 0 Å². The molecule has 3 aromatic rings. The Labute approximate surface area is 219 Å². The smallest absolute Gasteiger partial charge is 0.331 e. The molecule has 6 rings (SSSR count). The minimum absolute atomic E-state index is 0.364. The summed E-state index contributed by atoms with van der Waals surface area (Å²) in [5.41, 5.74) is 0.860. The van der Waals surface area contributed by atoms with Crippen molar-refractivity contribution in [1.29, 1.82) is 0 Å². The molecule has 3 aliphatic rings. The predicted molar refractivity (Wildman–Crippen MR) is 138 cm³/mol. The molecule has 3 fully saturated rings. The van der Waals surface area contributed by atoms with Gasteiger partial charge in [-0.2, -0.15) is 0 Å². The summed E-state index contributed by atoms with van der Waals surface area (Å²) in [5, 5.41) is 2.26. The maximum Gasteiger partial charge on any atom is 0.331 e. The predicted octanol–water partition coefficient (Wildman–Crippen LogP) is 3.97. The number of thioether (sulfide) groups is 1. The average molecular weight is 515 g/mol. The molecule has 7 nitrogen and oxygen atoms in total. The fraction of sp³-hybridized carbons (Fsp3) is 0.276. The van der Waals surface area contributed by atoms with Crippen molar-refractivity contribution in [1.82, 2.24) is 10.2 Å². The van der Waals surface area contributed by atoms with E-state index >= 15 is 0 Å². The number of nitrogens with one attached hydrogen (secondary N) is 1. The largest absolute Gasteiger partial charge is 0.451 e. The minimum atomic E-state index is -1.49. The number of fused-ring (bicyclic) bond motifs is 2. The summed E-state index contributed by atoms with van der Waals surface area (Å²) in [6, 6.07) is 27.3. The Balaban J connectivity index is 1.27. The highest BCUT2D eigenvalue weighted by Gasteiger charge is 2.76. The first kappa shape index (κ1) is 23.8. The fourth-order valence-electron chi connectivity index (χ4n) is 5.36. The summed E-state index contributed by atoms with van der Waals surface area (Å²) in [6.45, 7) is 3.82. The number of ether oxygens (including phenoxy) is 2. The van der Waals surface area contributed by atoms with Crippen LogP contribution >= 0.6 is 11.8 Å². The molecule has 3 aliphatic heterocycles. The lowest BCUT2D eigenvalue weighted by atomic mass is 9.93. The SMILES string of the molecule is CC1(C)S[C@@H]2N(C(=O)C23NC(=O)C(c2ccccc2)O3)C1C(=O)OC(c1ccccc1)c1ccccc1.